The number of amides is 2. The van der Waals surface area contributed by atoms with E-state index in [0.29, 0.717) is 0 Å². The van der Waals surface area contributed by atoms with Gasteiger partial charge in [-0.2, -0.15) is 13.2 Å². The Balaban J connectivity index is 1.97. The molecule has 0 aliphatic carbocycles. The third kappa shape index (κ3) is 6.32. The van der Waals surface area contributed by atoms with Crippen LogP contribution in [0.25, 0.3) is 0 Å². The average molecular weight is 385 g/mol. The lowest BCUT2D eigenvalue weighted by Crippen LogP contribution is -2.47. The molecule has 27 heavy (non-hydrogen) atoms. The van der Waals surface area contributed by atoms with Crippen molar-refractivity contribution in [3.8, 4) is 5.88 Å². The first-order chi connectivity index (χ1) is 12.7. The highest BCUT2D eigenvalue weighted by Crippen LogP contribution is 2.18. The second kappa shape index (κ2) is 8.56. The summed E-state index contributed by atoms with van der Waals surface area (Å²) in [7, 11) is 0. The summed E-state index contributed by atoms with van der Waals surface area (Å²) in [6, 6.07) is 4.71. The smallest absolute Gasteiger partial charge is 0.422 e. The fraction of sp³-hybridized carbons (Fsp3) is 0.353. The number of nitrogens with one attached hydrogen (secondary N) is 2. The summed E-state index contributed by atoms with van der Waals surface area (Å²) in [5.74, 6) is -1.43. The Labute approximate surface area is 152 Å². The van der Waals surface area contributed by atoms with Gasteiger partial charge >= 0.3 is 6.18 Å². The lowest BCUT2D eigenvalue weighted by Gasteiger charge is -2.21. The van der Waals surface area contributed by atoms with E-state index in [2.05, 4.69) is 20.4 Å². The molecule has 2 aromatic heterocycles. The van der Waals surface area contributed by atoms with Crippen LogP contribution in [0.15, 0.2) is 41.1 Å². The lowest BCUT2D eigenvalue weighted by molar-refractivity contribution is -0.154. The number of carbonyl (C=O) groups is 2. The Morgan fingerprint density at radius 1 is 1.26 bits per heavy atom. The van der Waals surface area contributed by atoms with E-state index in [9.17, 15) is 22.8 Å². The van der Waals surface area contributed by atoms with Crippen LogP contribution in [0, 0.1) is 5.92 Å². The Morgan fingerprint density at radius 2 is 2.00 bits per heavy atom. The second-order valence-corrected chi connectivity index (χ2v) is 5.95. The molecule has 0 aromatic carbocycles. The third-order valence-electron chi connectivity index (χ3n) is 3.37. The maximum Gasteiger partial charge on any atom is 0.422 e. The minimum atomic E-state index is -4.47. The van der Waals surface area contributed by atoms with E-state index >= 15 is 0 Å². The second-order valence-electron chi connectivity index (χ2n) is 5.95. The molecule has 2 N–H and O–H groups in total. The zero-order valence-corrected chi connectivity index (χ0v) is 14.5. The van der Waals surface area contributed by atoms with E-state index in [1.807, 2.05) is 0 Å². The maximum atomic E-state index is 12.4. The zero-order valence-electron chi connectivity index (χ0n) is 14.5. The largest absolute Gasteiger partial charge is 0.468 e. The van der Waals surface area contributed by atoms with Gasteiger partial charge in [0.15, 0.2) is 12.4 Å². The van der Waals surface area contributed by atoms with Crippen LogP contribution in [0.4, 0.5) is 18.9 Å². The molecule has 2 rings (SSSR count). The summed E-state index contributed by atoms with van der Waals surface area (Å²) >= 11 is 0. The van der Waals surface area contributed by atoms with E-state index in [1.54, 1.807) is 19.9 Å². The van der Waals surface area contributed by atoms with Crippen molar-refractivity contribution in [2.24, 2.45) is 5.92 Å². The summed E-state index contributed by atoms with van der Waals surface area (Å²) in [5, 5.41) is 5.12. The fourth-order valence-corrected chi connectivity index (χ4v) is 2.07. The molecular weight excluding hydrogens is 367 g/mol. The standard InChI is InChI=1S/C17H18F3N3O4/c1-10(2)14(23-15(24)12-4-3-7-26-12)16(25)22-11-5-6-13(21-8-11)27-9-17(18,19)20/h3-8,10,14H,9H2,1-2H3,(H,22,25)(H,23,24). The molecule has 2 aromatic rings. The van der Waals surface area contributed by atoms with Gasteiger partial charge in [-0.25, -0.2) is 4.98 Å². The van der Waals surface area contributed by atoms with Gasteiger partial charge < -0.3 is 19.8 Å². The molecule has 2 amide bonds. The highest BCUT2D eigenvalue weighted by Gasteiger charge is 2.29. The molecule has 0 spiro atoms. The molecule has 1 unspecified atom stereocenters. The molecule has 0 aliphatic rings. The zero-order chi connectivity index (χ0) is 20.0. The van der Waals surface area contributed by atoms with Gasteiger partial charge in [-0.1, -0.05) is 13.8 Å². The number of anilines is 1. The maximum absolute atomic E-state index is 12.4. The molecule has 146 valence electrons. The Bertz CT molecular complexity index is 759. The summed E-state index contributed by atoms with van der Waals surface area (Å²) in [6.07, 6.45) is -1.96. The van der Waals surface area contributed by atoms with Gasteiger partial charge in [0, 0.05) is 6.07 Å². The normalized spacial score (nSPS) is 12.5. The Hall–Kier alpha value is -3.04. The van der Waals surface area contributed by atoms with Crippen molar-refractivity contribution in [2.45, 2.75) is 26.1 Å². The highest BCUT2D eigenvalue weighted by atomic mass is 19.4. The Kier molecular flexibility index (Phi) is 6.43. The third-order valence-corrected chi connectivity index (χ3v) is 3.37. The van der Waals surface area contributed by atoms with E-state index in [0.717, 1.165) is 6.20 Å². The number of alkyl halides is 3. The number of rotatable bonds is 7. The number of carbonyl (C=O) groups excluding carboxylic acids is 2. The molecule has 0 saturated carbocycles. The predicted octanol–water partition coefficient (Wildman–Crippen LogP) is 3.01. The summed E-state index contributed by atoms with van der Waals surface area (Å²) in [4.78, 5) is 28.2. The molecule has 2 heterocycles. The van der Waals surface area contributed by atoms with Crippen LogP contribution in [0.5, 0.6) is 5.88 Å². The fourth-order valence-electron chi connectivity index (χ4n) is 2.07. The molecular formula is C17H18F3N3O4. The number of ether oxygens (including phenoxy) is 1. The lowest BCUT2D eigenvalue weighted by atomic mass is 10.0. The molecule has 1 atom stereocenters. The minimum Gasteiger partial charge on any atom is -0.468 e. The molecule has 0 radical (unpaired) electrons. The molecule has 10 heteroatoms. The molecule has 7 nitrogen and oxygen atoms in total. The van der Waals surface area contributed by atoms with Gasteiger partial charge in [0.2, 0.25) is 11.8 Å². The number of hydrogen-bond acceptors (Lipinski definition) is 5. The monoisotopic (exact) mass is 385 g/mol. The van der Waals surface area contributed by atoms with Gasteiger partial charge in [0.05, 0.1) is 18.1 Å². The van der Waals surface area contributed by atoms with Crippen LogP contribution in [0.1, 0.15) is 24.4 Å². The Morgan fingerprint density at radius 3 is 2.52 bits per heavy atom. The summed E-state index contributed by atoms with van der Waals surface area (Å²) in [5.41, 5.74) is 0.247. The average Bonchev–Trinajstić information content (AvgIpc) is 3.12. The van der Waals surface area contributed by atoms with Crippen LogP contribution in [-0.4, -0.2) is 35.6 Å². The van der Waals surface area contributed by atoms with Crippen LogP contribution >= 0.6 is 0 Å². The van der Waals surface area contributed by atoms with Crippen molar-refractivity contribution in [3.05, 3.63) is 42.5 Å². The predicted molar refractivity (Wildman–Crippen MR) is 89.2 cm³/mol. The summed E-state index contributed by atoms with van der Waals surface area (Å²) in [6.45, 7) is 2.04. The highest BCUT2D eigenvalue weighted by molar-refractivity contribution is 6.00. The number of aromatic nitrogens is 1. The minimum absolute atomic E-state index is 0.0706. The number of halogens is 3. The van der Waals surface area contributed by atoms with Crippen LogP contribution < -0.4 is 15.4 Å². The number of hydrogen-bond donors (Lipinski definition) is 2. The first kappa shape index (κ1) is 20.3. The van der Waals surface area contributed by atoms with Gasteiger partial charge in [-0.15, -0.1) is 0 Å². The molecule has 0 bridgehead atoms. The van der Waals surface area contributed by atoms with Gasteiger partial charge in [-0.3, -0.25) is 9.59 Å². The number of pyridine rings is 1. The summed E-state index contributed by atoms with van der Waals surface area (Å²) < 4.78 is 45.8. The van der Waals surface area contributed by atoms with Gasteiger partial charge in [-0.05, 0) is 24.1 Å². The van der Waals surface area contributed by atoms with Gasteiger partial charge in [0.25, 0.3) is 5.91 Å². The topological polar surface area (TPSA) is 93.5 Å². The number of furan rings is 1. The van der Waals surface area contributed by atoms with Crippen molar-refractivity contribution in [2.75, 3.05) is 11.9 Å². The first-order valence-electron chi connectivity index (χ1n) is 7.96. The first-order valence-corrected chi connectivity index (χ1v) is 7.96. The molecule has 0 fully saturated rings. The SMILES string of the molecule is CC(C)C(NC(=O)c1ccco1)C(=O)Nc1ccc(OCC(F)(F)F)nc1. The quantitative estimate of drug-likeness (QED) is 0.764. The molecule has 0 saturated heterocycles. The van der Waals surface area contributed by atoms with E-state index < -0.39 is 30.6 Å². The van der Waals surface area contributed by atoms with Crippen LogP contribution in [0.3, 0.4) is 0 Å². The number of nitrogens with zero attached hydrogens (tertiary/aromatic N) is 1. The molecule has 0 aliphatic heterocycles. The van der Waals surface area contributed by atoms with Crippen molar-refractivity contribution in [3.63, 3.8) is 0 Å². The van der Waals surface area contributed by atoms with E-state index in [4.69, 9.17) is 4.42 Å². The van der Waals surface area contributed by atoms with E-state index in [-0.39, 0.29) is 23.2 Å². The van der Waals surface area contributed by atoms with E-state index in [1.165, 1.54) is 24.5 Å². The van der Waals surface area contributed by atoms with Crippen LogP contribution in [0.2, 0.25) is 0 Å². The van der Waals surface area contributed by atoms with Gasteiger partial charge in [0.1, 0.15) is 6.04 Å². The van der Waals surface area contributed by atoms with Crippen molar-refractivity contribution >= 4 is 17.5 Å². The van der Waals surface area contributed by atoms with Crippen LogP contribution in [-0.2, 0) is 4.79 Å². The van der Waals surface area contributed by atoms with Crippen molar-refractivity contribution in [1.29, 1.82) is 0 Å². The van der Waals surface area contributed by atoms with Crippen molar-refractivity contribution in [1.82, 2.24) is 10.3 Å². The van der Waals surface area contributed by atoms with Crippen molar-refractivity contribution < 1.29 is 31.9 Å².